The maximum atomic E-state index is 13.7. The average molecular weight is 530 g/mol. The number of carbonyl (C=O) groups is 4. The summed E-state index contributed by atoms with van der Waals surface area (Å²) in [5, 5.41) is 6.33. The van der Waals surface area contributed by atoms with Gasteiger partial charge < -0.3 is 16.4 Å². The number of hydrogen-bond acceptors (Lipinski definition) is 5. The molecular formula is C28H17Cl2N3O4. The van der Waals surface area contributed by atoms with E-state index in [0.29, 0.717) is 21.2 Å². The summed E-state index contributed by atoms with van der Waals surface area (Å²) in [6, 6.07) is 19.9. The molecule has 9 heteroatoms. The molecule has 0 heterocycles. The zero-order valence-electron chi connectivity index (χ0n) is 19.0. The lowest BCUT2D eigenvalue weighted by molar-refractivity contribution is 0.0978. The molecule has 0 saturated carbocycles. The van der Waals surface area contributed by atoms with Gasteiger partial charge in [0.1, 0.15) is 0 Å². The van der Waals surface area contributed by atoms with Gasteiger partial charge in [-0.05, 0) is 66.7 Å². The van der Waals surface area contributed by atoms with Gasteiger partial charge >= 0.3 is 0 Å². The van der Waals surface area contributed by atoms with Crippen molar-refractivity contribution in [2.45, 2.75) is 0 Å². The molecule has 1 aliphatic rings. The quantitative estimate of drug-likeness (QED) is 0.252. The zero-order chi connectivity index (χ0) is 26.3. The number of anilines is 3. The van der Waals surface area contributed by atoms with Gasteiger partial charge in [-0.1, -0.05) is 35.3 Å². The Kier molecular flexibility index (Phi) is 6.25. The van der Waals surface area contributed by atoms with Crippen LogP contribution in [0.3, 0.4) is 0 Å². The molecule has 4 aromatic rings. The molecule has 37 heavy (non-hydrogen) atoms. The van der Waals surface area contributed by atoms with Crippen molar-refractivity contribution in [2.24, 2.45) is 0 Å². The van der Waals surface area contributed by atoms with Crippen LogP contribution in [0.5, 0.6) is 0 Å². The second-order valence-corrected chi connectivity index (χ2v) is 9.13. The summed E-state index contributed by atoms with van der Waals surface area (Å²) >= 11 is 11.8. The number of hydrogen-bond donors (Lipinski definition) is 3. The Bertz CT molecular complexity index is 1610. The van der Waals surface area contributed by atoms with Crippen molar-refractivity contribution in [3.8, 4) is 0 Å². The average Bonchev–Trinajstić information content (AvgIpc) is 2.88. The number of nitrogen functional groups attached to an aromatic ring is 1. The summed E-state index contributed by atoms with van der Waals surface area (Å²) in [6.45, 7) is 0. The maximum Gasteiger partial charge on any atom is 0.255 e. The van der Waals surface area contributed by atoms with Crippen LogP contribution in [0.15, 0.2) is 78.9 Å². The van der Waals surface area contributed by atoms with Gasteiger partial charge in [-0.25, -0.2) is 0 Å². The van der Waals surface area contributed by atoms with E-state index in [0.717, 1.165) is 0 Å². The number of halogens is 2. The van der Waals surface area contributed by atoms with Crippen LogP contribution in [0.2, 0.25) is 10.0 Å². The highest BCUT2D eigenvalue weighted by Gasteiger charge is 2.36. The highest BCUT2D eigenvalue weighted by Crippen LogP contribution is 2.38. The van der Waals surface area contributed by atoms with E-state index in [1.54, 1.807) is 30.3 Å². The van der Waals surface area contributed by atoms with E-state index in [9.17, 15) is 19.2 Å². The molecule has 0 bridgehead atoms. The summed E-state index contributed by atoms with van der Waals surface area (Å²) < 4.78 is 0. The van der Waals surface area contributed by atoms with Crippen LogP contribution in [0, 0.1) is 0 Å². The summed E-state index contributed by atoms with van der Waals surface area (Å²) in [4.78, 5) is 53.2. The lowest BCUT2D eigenvalue weighted by atomic mass is 9.81. The topological polar surface area (TPSA) is 118 Å². The molecule has 5 rings (SSSR count). The summed E-state index contributed by atoms with van der Waals surface area (Å²) in [6.07, 6.45) is 0. The monoisotopic (exact) mass is 529 g/mol. The Morgan fingerprint density at radius 2 is 1.05 bits per heavy atom. The van der Waals surface area contributed by atoms with Crippen LogP contribution in [0.25, 0.3) is 0 Å². The Hall–Kier alpha value is -4.46. The number of benzene rings is 4. The number of ketones is 2. The first-order valence-electron chi connectivity index (χ1n) is 11.0. The highest BCUT2D eigenvalue weighted by molar-refractivity contribution is 6.34. The molecule has 4 aromatic carbocycles. The molecule has 0 saturated heterocycles. The van der Waals surface area contributed by atoms with Gasteiger partial charge in [0.2, 0.25) is 0 Å². The summed E-state index contributed by atoms with van der Waals surface area (Å²) in [5.74, 6) is -2.07. The number of rotatable bonds is 4. The first-order chi connectivity index (χ1) is 17.7. The molecule has 0 spiro atoms. The van der Waals surface area contributed by atoms with E-state index < -0.39 is 23.4 Å². The second-order valence-electron chi connectivity index (χ2n) is 8.26. The normalized spacial score (nSPS) is 11.9. The van der Waals surface area contributed by atoms with Gasteiger partial charge in [-0.3, -0.25) is 19.2 Å². The molecule has 7 nitrogen and oxygen atoms in total. The van der Waals surface area contributed by atoms with E-state index >= 15 is 0 Å². The fraction of sp³-hybridized carbons (Fsp3) is 0. The number of fused-ring (bicyclic) bond motifs is 2. The first-order valence-corrected chi connectivity index (χ1v) is 11.8. The third kappa shape index (κ3) is 4.46. The van der Waals surface area contributed by atoms with E-state index in [-0.39, 0.29) is 39.3 Å². The smallest absolute Gasteiger partial charge is 0.255 e. The Labute approximate surface area is 221 Å². The van der Waals surface area contributed by atoms with Crippen LogP contribution in [0.4, 0.5) is 17.1 Å². The van der Waals surface area contributed by atoms with Crippen LogP contribution in [0.1, 0.15) is 52.6 Å². The minimum Gasteiger partial charge on any atom is -0.398 e. The maximum absolute atomic E-state index is 13.7. The Morgan fingerprint density at radius 3 is 1.54 bits per heavy atom. The van der Waals surface area contributed by atoms with Gasteiger partial charge in [0.05, 0.1) is 28.1 Å². The molecule has 0 unspecified atom stereocenters. The van der Waals surface area contributed by atoms with Crippen molar-refractivity contribution in [1.82, 2.24) is 0 Å². The standard InChI is InChI=1S/C28H17Cl2N3O4/c29-16-8-4-14(5-9-16)27(36)32-20-12-13-21(33-28(37)15-6-10-17(30)11-7-15)24-23(20)25(34)18-2-1-3-19(31)22(18)26(24)35/h1-13H,31H2,(H,32,36)(H,33,37). The molecule has 0 atom stereocenters. The Morgan fingerprint density at radius 1 is 0.595 bits per heavy atom. The third-order valence-corrected chi connectivity index (χ3v) is 6.44. The highest BCUT2D eigenvalue weighted by atomic mass is 35.5. The van der Waals surface area contributed by atoms with E-state index in [1.807, 2.05) is 0 Å². The van der Waals surface area contributed by atoms with Crippen LogP contribution in [-0.2, 0) is 0 Å². The minimum absolute atomic E-state index is 0.0423. The molecular weight excluding hydrogens is 513 g/mol. The molecule has 0 radical (unpaired) electrons. The molecule has 182 valence electrons. The lowest BCUT2D eigenvalue weighted by Crippen LogP contribution is -2.27. The number of nitrogens with one attached hydrogen (secondary N) is 2. The molecule has 0 fully saturated rings. The fourth-order valence-corrected chi connectivity index (χ4v) is 4.40. The van der Waals surface area contributed by atoms with E-state index in [2.05, 4.69) is 10.6 Å². The SMILES string of the molecule is Nc1cccc2c1C(=O)c1c(NC(=O)c3ccc(Cl)cc3)ccc(NC(=O)c3ccc(Cl)cc3)c1C2=O. The van der Waals surface area contributed by atoms with Crippen molar-refractivity contribution < 1.29 is 19.2 Å². The van der Waals surface area contributed by atoms with Gasteiger partial charge in [-0.15, -0.1) is 0 Å². The lowest BCUT2D eigenvalue weighted by Gasteiger charge is -2.24. The van der Waals surface area contributed by atoms with Crippen molar-refractivity contribution >= 4 is 63.6 Å². The van der Waals surface area contributed by atoms with Crippen LogP contribution >= 0.6 is 23.2 Å². The number of amides is 2. The van der Waals surface area contributed by atoms with Crippen molar-refractivity contribution in [2.75, 3.05) is 16.4 Å². The van der Waals surface area contributed by atoms with Crippen LogP contribution < -0.4 is 16.4 Å². The number of carbonyl (C=O) groups excluding carboxylic acids is 4. The molecule has 0 aliphatic heterocycles. The first kappa shape index (κ1) is 24.2. The molecule has 2 amide bonds. The van der Waals surface area contributed by atoms with Gasteiger partial charge in [0.15, 0.2) is 11.6 Å². The van der Waals surface area contributed by atoms with Crippen molar-refractivity contribution in [3.63, 3.8) is 0 Å². The van der Waals surface area contributed by atoms with Crippen molar-refractivity contribution in [3.05, 3.63) is 122 Å². The largest absolute Gasteiger partial charge is 0.398 e. The van der Waals surface area contributed by atoms with Gasteiger partial charge in [-0.2, -0.15) is 0 Å². The van der Waals surface area contributed by atoms with Crippen LogP contribution in [-0.4, -0.2) is 23.4 Å². The predicted octanol–water partition coefficient (Wildman–Crippen LogP) is 5.86. The third-order valence-electron chi connectivity index (χ3n) is 5.94. The van der Waals surface area contributed by atoms with Gasteiger partial charge in [0.25, 0.3) is 11.8 Å². The van der Waals surface area contributed by atoms with E-state index in [1.165, 1.54) is 48.5 Å². The minimum atomic E-state index is -0.545. The number of nitrogens with two attached hydrogens (primary N) is 1. The fourth-order valence-electron chi connectivity index (χ4n) is 4.15. The molecule has 0 aromatic heterocycles. The summed E-state index contributed by atoms with van der Waals surface area (Å²) in [7, 11) is 0. The summed E-state index contributed by atoms with van der Waals surface area (Å²) in [5.41, 5.74) is 7.07. The van der Waals surface area contributed by atoms with Crippen molar-refractivity contribution in [1.29, 1.82) is 0 Å². The predicted molar refractivity (Wildman–Crippen MR) is 143 cm³/mol. The molecule has 1 aliphatic carbocycles. The Balaban J connectivity index is 1.61. The zero-order valence-corrected chi connectivity index (χ0v) is 20.5. The van der Waals surface area contributed by atoms with Gasteiger partial charge in [0, 0.05) is 32.4 Å². The second kappa shape index (κ2) is 9.54. The molecule has 4 N–H and O–H groups in total. The van der Waals surface area contributed by atoms with E-state index in [4.69, 9.17) is 28.9 Å².